The fourth-order valence-electron chi connectivity index (χ4n) is 1.36. The summed E-state index contributed by atoms with van der Waals surface area (Å²) < 4.78 is 25.8. The van der Waals surface area contributed by atoms with E-state index in [0.29, 0.717) is 5.56 Å². The molecule has 0 aliphatic heterocycles. The monoisotopic (exact) mass is 273 g/mol. The van der Waals surface area contributed by atoms with Crippen molar-refractivity contribution in [2.24, 2.45) is 0 Å². The Morgan fingerprint density at radius 1 is 1.44 bits per heavy atom. The molecule has 6 nitrogen and oxygen atoms in total. The lowest BCUT2D eigenvalue weighted by molar-refractivity contribution is 0.0696. The van der Waals surface area contributed by atoms with Crippen molar-refractivity contribution in [2.75, 3.05) is 6.54 Å². The first-order valence-corrected chi connectivity index (χ1v) is 6.74. The zero-order chi connectivity index (χ0) is 13.9. The van der Waals surface area contributed by atoms with Gasteiger partial charge in [0, 0.05) is 6.54 Å². The molecular formula is C11H15NO5S. The van der Waals surface area contributed by atoms with E-state index in [1.807, 2.05) is 0 Å². The zero-order valence-corrected chi connectivity index (χ0v) is 10.9. The highest BCUT2D eigenvalue weighted by molar-refractivity contribution is 7.89. The number of carboxylic acid groups (broad SMARTS) is 1. The van der Waals surface area contributed by atoms with Crippen LogP contribution in [0.2, 0.25) is 0 Å². The Labute approximate surface area is 105 Å². The third kappa shape index (κ3) is 3.52. The summed E-state index contributed by atoms with van der Waals surface area (Å²) in [7, 11) is -3.72. The summed E-state index contributed by atoms with van der Waals surface area (Å²) in [5.41, 5.74) is 0.423. The van der Waals surface area contributed by atoms with Gasteiger partial charge >= 0.3 is 5.97 Å². The quantitative estimate of drug-likeness (QED) is 0.718. The van der Waals surface area contributed by atoms with Gasteiger partial charge in [0.2, 0.25) is 10.0 Å². The van der Waals surface area contributed by atoms with Crippen LogP contribution in [0.5, 0.6) is 0 Å². The standard InChI is InChI=1S/C11H15NO5S/c1-7-5-9(3-4-10(7)11(14)15)18(16,17)12-6-8(2)13/h3-5,8,12-13H,6H2,1-2H3,(H,14,15). The second-order valence-corrected chi connectivity index (χ2v) is 5.75. The molecule has 18 heavy (non-hydrogen) atoms. The number of rotatable bonds is 5. The van der Waals surface area contributed by atoms with Gasteiger partial charge in [-0.2, -0.15) is 0 Å². The highest BCUT2D eigenvalue weighted by Gasteiger charge is 2.17. The van der Waals surface area contributed by atoms with Crippen molar-refractivity contribution in [2.45, 2.75) is 24.8 Å². The van der Waals surface area contributed by atoms with E-state index in [4.69, 9.17) is 10.2 Å². The van der Waals surface area contributed by atoms with Crippen molar-refractivity contribution in [3.63, 3.8) is 0 Å². The van der Waals surface area contributed by atoms with Crippen LogP contribution >= 0.6 is 0 Å². The average molecular weight is 273 g/mol. The number of aryl methyl sites for hydroxylation is 1. The summed E-state index contributed by atoms with van der Waals surface area (Å²) in [6, 6.07) is 3.75. The molecule has 0 radical (unpaired) electrons. The van der Waals surface area contributed by atoms with E-state index in [-0.39, 0.29) is 17.0 Å². The van der Waals surface area contributed by atoms with Gasteiger partial charge in [-0.15, -0.1) is 0 Å². The lowest BCUT2D eigenvalue weighted by Gasteiger charge is -2.09. The molecule has 0 heterocycles. The number of carboxylic acids is 1. The maximum Gasteiger partial charge on any atom is 0.335 e. The molecule has 0 aliphatic rings. The van der Waals surface area contributed by atoms with Gasteiger partial charge in [-0.1, -0.05) is 0 Å². The van der Waals surface area contributed by atoms with E-state index >= 15 is 0 Å². The molecule has 1 aromatic carbocycles. The van der Waals surface area contributed by atoms with Crippen molar-refractivity contribution < 1.29 is 23.4 Å². The van der Waals surface area contributed by atoms with Gasteiger partial charge in [-0.05, 0) is 37.6 Å². The number of hydrogen-bond acceptors (Lipinski definition) is 4. The summed E-state index contributed by atoms with van der Waals surface area (Å²) in [4.78, 5) is 10.8. The second kappa shape index (κ2) is 5.47. The number of carbonyl (C=O) groups is 1. The molecule has 0 saturated heterocycles. The van der Waals surface area contributed by atoms with Crippen LogP contribution in [0.25, 0.3) is 0 Å². The predicted octanol–water partition coefficient (Wildman–Crippen LogP) is 0.352. The van der Waals surface area contributed by atoms with Gasteiger partial charge in [-0.3, -0.25) is 0 Å². The average Bonchev–Trinajstić information content (AvgIpc) is 2.26. The molecule has 1 aromatic rings. The number of nitrogens with one attached hydrogen (secondary N) is 1. The largest absolute Gasteiger partial charge is 0.478 e. The van der Waals surface area contributed by atoms with E-state index in [1.54, 1.807) is 0 Å². The lowest BCUT2D eigenvalue weighted by atomic mass is 10.1. The Kier molecular flexibility index (Phi) is 4.44. The summed E-state index contributed by atoms with van der Waals surface area (Å²) >= 11 is 0. The fraction of sp³-hybridized carbons (Fsp3) is 0.364. The smallest absolute Gasteiger partial charge is 0.335 e. The topological polar surface area (TPSA) is 104 Å². The molecule has 100 valence electrons. The Morgan fingerprint density at radius 3 is 2.50 bits per heavy atom. The molecule has 0 aromatic heterocycles. The minimum atomic E-state index is -3.72. The Bertz CT molecular complexity index is 551. The van der Waals surface area contributed by atoms with Crippen molar-refractivity contribution in [1.82, 2.24) is 4.72 Å². The zero-order valence-electron chi connectivity index (χ0n) is 10.0. The minimum Gasteiger partial charge on any atom is -0.478 e. The van der Waals surface area contributed by atoms with Gasteiger partial charge in [-0.25, -0.2) is 17.9 Å². The van der Waals surface area contributed by atoms with E-state index < -0.39 is 22.1 Å². The summed E-state index contributed by atoms with van der Waals surface area (Å²) in [6.45, 7) is 2.89. The summed E-state index contributed by atoms with van der Waals surface area (Å²) in [5, 5.41) is 17.9. The molecule has 7 heteroatoms. The van der Waals surface area contributed by atoms with Crippen molar-refractivity contribution in [3.8, 4) is 0 Å². The SMILES string of the molecule is Cc1cc(S(=O)(=O)NCC(C)O)ccc1C(=O)O. The van der Waals surface area contributed by atoms with Crippen LogP contribution in [0, 0.1) is 6.92 Å². The molecule has 1 atom stereocenters. The van der Waals surface area contributed by atoms with Crippen LogP contribution in [-0.4, -0.2) is 37.2 Å². The summed E-state index contributed by atoms with van der Waals surface area (Å²) in [5.74, 6) is -1.10. The number of aliphatic hydroxyl groups excluding tert-OH is 1. The highest BCUT2D eigenvalue weighted by Crippen LogP contribution is 2.15. The molecule has 0 aliphatic carbocycles. The predicted molar refractivity (Wildman–Crippen MR) is 65.0 cm³/mol. The Hall–Kier alpha value is -1.44. The highest BCUT2D eigenvalue weighted by atomic mass is 32.2. The van der Waals surface area contributed by atoms with Gasteiger partial charge in [0.1, 0.15) is 0 Å². The van der Waals surface area contributed by atoms with Gasteiger partial charge in [0.05, 0.1) is 16.6 Å². The number of hydrogen-bond donors (Lipinski definition) is 3. The van der Waals surface area contributed by atoms with Crippen LogP contribution in [-0.2, 0) is 10.0 Å². The number of aliphatic hydroxyl groups is 1. The molecule has 0 fully saturated rings. The second-order valence-electron chi connectivity index (χ2n) is 3.98. The first-order valence-electron chi connectivity index (χ1n) is 5.25. The Morgan fingerprint density at radius 2 is 2.06 bits per heavy atom. The number of aromatic carboxylic acids is 1. The third-order valence-corrected chi connectivity index (χ3v) is 3.73. The molecule has 3 N–H and O–H groups in total. The molecule has 1 unspecified atom stereocenters. The first-order chi connectivity index (χ1) is 8.24. The molecule has 0 bridgehead atoms. The van der Waals surface area contributed by atoms with Crippen LogP contribution < -0.4 is 4.72 Å². The maximum absolute atomic E-state index is 11.8. The lowest BCUT2D eigenvalue weighted by Crippen LogP contribution is -2.30. The number of benzene rings is 1. The van der Waals surface area contributed by atoms with Crippen molar-refractivity contribution >= 4 is 16.0 Å². The van der Waals surface area contributed by atoms with E-state index in [2.05, 4.69) is 4.72 Å². The molecule has 0 amide bonds. The van der Waals surface area contributed by atoms with E-state index in [1.165, 1.54) is 32.0 Å². The fourth-order valence-corrected chi connectivity index (χ4v) is 2.56. The van der Waals surface area contributed by atoms with Crippen LogP contribution in [0.3, 0.4) is 0 Å². The third-order valence-electron chi connectivity index (χ3n) is 2.31. The van der Waals surface area contributed by atoms with Gasteiger partial charge in [0.25, 0.3) is 0 Å². The van der Waals surface area contributed by atoms with Gasteiger partial charge in [0.15, 0.2) is 0 Å². The number of sulfonamides is 1. The van der Waals surface area contributed by atoms with E-state index in [0.717, 1.165) is 0 Å². The van der Waals surface area contributed by atoms with Crippen molar-refractivity contribution in [1.29, 1.82) is 0 Å². The molecule has 0 saturated carbocycles. The summed E-state index contributed by atoms with van der Waals surface area (Å²) in [6.07, 6.45) is -0.792. The molecule has 0 spiro atoms. The maximum atomic E-state index is 11.8. The van der Waals surface area contributed by atoms with Crippen LogP contribution in [0.1, 0.15) is 22.8 Å². The van der Waals surface area contributed by atoms with Crippen LogP contribution in [0.4, 0.5) is 0 Å². The van der Waals surface area contributed by atoms with E-state index in [9.17, 15) is 13.2 Å². The van der Waals surface area contributed by atoms with Gasteiger partial charge < -0.3 is 10.2 Å². The minimum absolute atomic E-state index is 0.0225. The normalized spacial score (nSPS) is 13.3. The first kappa shape index (κ1) is 14.6. The molecular weight excluding hydrogens is 258 g/mol. The van der Waals surface area contributed by atoms with Crippen molar-refractivity contribution in [3.05, 3.63) is 29.3 Å². The Balaban J connectivity index is 3.04. The van der Waals surface area contributed by atoms with Crippen LogP contribution in [0.15, 0.2) is 23.1 Å². The molecule has 1 rings (SSSR count).